The fourth-order valence-electron chi connectivity index (χ4n) is 1.69. The zero-order chi connectivity index (χ0) is 10.7. The third kappa shape index (κ3) is 2.56. The number of methoxy groups -OCH3 is 1. The van der Waals surface area contributed by atoms with Gasteiger partial charge in [-0.3, -0.25) is 4.98 Å². The van der Waals surface area contributed by atoms with E-state index in [4.69, 9.17) is 4.74 Å². The number of thioether (sulfide) groups is 1. The summed E-state index contributed by atoms with van der Waals surface area (Å²) in [6.45, 7) is 1.99. The Kier molecular flexibility index (Phi) is 3.36. The normalized spacial score (nSPS) is 20.3. The second-order valence-electron chi connectivity index (χ2n) is 3.73. The van der Waals surface area contributed by atoms with Gasteiger partial charge in [-0.1, -0.05) is 0 Å². The van der Waals surface area contributed by atoms with Gasteiger partial charge in [-0.25, -0.2) is 0 Å². The van der Waals surface area contributed by atoms with Gasteiger partial charge < -0.3 is 10.1 Å². The van der Waals surface area contributed by atoms with Crippen LogP contribution in [0.3, 0.4) is 0 Å². The molecule has 1 aliphatic rings. The van der Waals surface area contributed by atoms with Gasteiger partial charge in [0.25, 0.3) is 0 Å². The monoisotopic (exact) mass is 224 g/mol. The van der Waals surface area contributed by atoms with Gasteiger partial charge in [-0.15, -0.1) is 0 Å². The minimum atomic E-state index is 0.575. The van der Waals surface area contributed by atoms with Crippen molar-refractivity contribution >= 4 is 17.4 Å². The molecule has 2 heterocycles. The Hall–Kier alpha value is -0.900. The first-order valence-corrected chi connectivity index (χ1v) is 6.30. The SMILES string of the molecule is COc1cnc(C)cc1NC1CCSC1. The molecule has 0 aromatic carbocycles. The predicted molar refractivity (Wildman–Crippen MR) is 64.9 cm³/mol. The van der Waals surface area contributed by atoms with E-state index in [0.717, 1.165) is 17.1 Å². The summed E-state index contributed by atoms with van der Waals surface area (Å²) in [7, 11) is 1.68. The summed E-state index contributed by atoms with van der Waals surface area (Å²) in [6.07, 6.45) is 3.01. The van der Waals surface area contributed by atoms with Crippen LogP contribution in [0.2, 0.25) is 0 Å². The number of pyridine rings is 1. The number of anilines is 1. The summed E-state index contributed by atoms with van der Waals surface area (Å²) in [5.41, 5.74) is 2.08. The number of ether oxygens (including phenoxy) is 1. The number of hydrogen-bond donors (Lipinski definition) is 1. The highest BCUT2D eigenvalue weighted by molar-refractivity contribution is 7.99. The first kappa shape index (κ1) is 10.6. The minimum Gasteiger partial charge on any atom is -0.493 e. The van der Waals surface area contributed by atoms with E-state index < -0.39 is 0 Å². The van der Waals surface area contributed by atoms with Crippen LogP contribution in [0.25, 0.3) is 0 Å². The standard InChI is InChI=1S/C11H16N2OS/c1-8-5-10(11(14-2)6-12-8)13-9-3-4-15-7-9/h5-6,9H,3-4,7H2,1-2H3,(H,12,13). The molecule has 0 aliphatic carbocycles. The van der Waals surface area contributed by atoms with Crippen molar-refractivity contribution in [2.45, 2.75) is 19.4 Å². The molecule has 1 aromatic heterocycles. The average Bonchev–Trinajstić information content (AvgIpc) is 2.71. The summed E-state index contributed by atoms with van der Waals surface area (Å²) in [5.74, 6) is 3.27. The maximum Gasteiger partial charge on any atom is 0.160 e. The summed E-state index contributed by atoms with van der Waals surface area (Å²) in [4.78, 5) is 4.21. The highest BCUT2D eigenvalue weighted by Gasteiger charge is 2.16. The molecule has 3 nitrogen and oxygen atoms in total. The molecule has 1 unspecified atom stereocenters. The Morgan fingerprint density at radius 3 is 3.13 bits per heavy atom. The van der Waals surface area contributed by atoms with Crippen LogP contribution in [-0.4, -0.2) is 29.6 Å². The first-order valence-electron chi connectivity index (χ1n) is 5.14. The third-order valence-corrected chi connectivity index (χ3v) is 3.68. The van der Waals surface area contributed by atoms with Crippen molar-refractivity contribution in [1.29, 1.82) is 0 Å². The van der Waals surface area contributed by atoms with E-state index in [1.165, 1.54) is 17.9 Å². The number of aryl methyl sites for hydroxylation is 1. The molecule has 82 valence electrons. The lowest BCUT2D eigenvalue weighted by molar-refractivity contribution is 0.414. The van der Waals surface area contributed by atoms with Gasteiger partial charge in [-0.05, 0) is 25.2 Å². The zero-order valence-electron chi connectivity index (χ0n) is 9.12. The fourth-order valence-corrected chi connectivity index (χ4v) is 2.84. The van der Waals surface area contributed by atoms with E-state index in [1.807, 2.05) is 24.8 Å². The molecule has 1 N–H and O–H groups in total. The van der Waals surface area contributed by atoms with Gasteiger partial charge in [0.1, 0.15) is 0 Å². The summed E-state index contributed by atoms with van der Waals surface area (Å²) < 4.78 is 5.28. The van der Waals surface area contributed by atoms with Crippen LogP contribution in [0.15, 0.2) is 12.3 Å². The second-order valence-corrected chi connectivity index (χ2v) is 4.88. The molecule has 0 spiro atoms. The van der Waals surface area contributed by atoms with Crippen molar-refractivity contribution < 1.29 is 4.74 Å². The molecule has 15 heavy (non-hydrogen) atoms. The highest BCUT2D eigenvalue weighted by Crippen LogP contribution is 2.27. The van der Waals surface area contributed by atoms with Crippen molar-refractivity contribution in [3.05, 3.63) is 18.0 Å². The van der Waals surface area contributed by atoms with Gasteiger partial charge >= 0.3 is 0 Å². The fraction of sp³-hybridized carbons (Fsp3) is 0.545. The summed E-state index contributed by atoms with van der Waals surface area (Å²) >= 11 is 2.00. The van der Waals surface area contributed by atoms with Crippen LogP contribution in [0, 0.1) is 6.92 Å². The van der Waals surface area contributed by atoms with Gasteiger partial charge in [0.05, 0.1) is 19.0 Å². The molecular weight excluding hydrogens is 208 g/mol. The number of nitrogens with one attached hydrogen (secondary N) is 1. The molecule has 1 aliphatic heterocycles. The van der Waals surface area contributed by atoms with E-state index in [1.54, 1.807) is 13.3 Å². The largest absolute Gasteiger partial charge is 0.493 e. The molecule has 0 radical (unpaired) electrons. The Morgan fingerprint density at radius 2 is 2.47 bits per heavy atom. The van der Waals surface area contributed by atoms with Crippen molar-refractivity contribution in [2.24, 2.45) is 0 Å². The van der Waals surface area contributed by atoms with Crippen LogP contribution in [0.5, 0.6) is 5.75 Å². The molecule has 1 fully saturated rings. The van der Waals surface area contributed by atoms with E-state index in [2.05, 4.69) is 10.3 Å². The lowest BCUT2D eigenvalue weighted by atomic mass is 10.2. The van der Waals surface area contributed by atoms with E-state index in [0.29, 0.717) is 6.04 Å². The molecule has 0 bridgehead atoms. The zero-order valence-corrected chi connectivity index (χ0v) is 9.93. The molecule has 0 saturated carbocycles. The number of aromatic nitrogens is 1. The average molecular weight is 224 g/mol. The van der Waals surface area contributed by atoms with Crippen LogP contribution in [-0.2, 0) is 0 Å². The molecule has 1 aromatic rings. The topological polar surface area (TPSA) is 34.1 Å². The van der Waals surface area contributed by atoms with Gasteiger partial charge in [-0.2, -0.15) is 11.8 Å². The molecule has 1 saturated heterocycles. The van der Waals surface area contributed by atoms with E-state index >= 15 is 0 Å². The van der Waals surface area contributed by atoms with Gasteiger partial charge in [0, 0.05) is 17.5 Å². The highest BCUT2D eigenvalue weighted by atomic mass is 32.2. The molecule has 1 atom stereocenters. The summed E-state index contributed by atoms with van der Waals surface area (Å²) in [5, 5.41) is 3.52. The third-order valence-electron chi connectivity index (χ3n) is 2.51. The Morgan fingerprint density at radius 1 is 1.60 bits per heavy atom. The minimum absolute atomic E-state index is 0.575. The van der Waals surface area contributed by atoms with Crippen LogP contribution < -0.4 is 10.1 Å². The van der Waals surface area contributed by atoms with Crippen LogP contribution >= 0.6 is 11.8 Å². The quantitative estimate of drug-likeness (QED) is 0.854. The van der Waals surface area contributed by atoms with Gasteiger partial charge in [0.15, 0.2) is 5.75 Å². The summed E-state index contributed by atoms with van der Waals surface area (Å²) in [6, 6.07) is 2.62. The molecular formula is C11H16N2OS. The number of hydrogen-bond acceptors (Lipinski definition) is 4. The van der Waals surface area contributed by atoms with Crippen molar-refractivity contribution in [2.75, 3.05) is 23.9 Å². The van der Waals surface area contributed by atoms with Crippen LogP contribution in [0.4, 0.5) is 5.69 Å². The lowest BCUT2D eigenvalue weighted by Crippen LogP contribution is -2.18. The predicted octanol–water partition coefficient (Wildman–Crippen LogP) is 2.32. The Labute approximate surface area is 94.6 Å². The number of nitrogens with zero attached hydrogens (tertiary/aromatic N) is 1. The Bertz CT molecular complexity index is 337. The second kappa shape index (κ2) is 4.75. The Balaban J connectivity index is 2.14. The smallest absolute Gasteiger partial charge is 0.160 e. The van der Waals surface area contributed by atoms with Crippen molar-refractivity contribution in [3.8, 4) is 5.75 Å². The van der Waals surface area contributed by atoms with E-state index in [9.17, 15) is 0 Å². The van der Waals surface area contributed by atoms with Gasteiger partial charge in [0.2, 0.25) is 0 Å². The maximum absolute atomic E-state index is 5.28. The van der Waals surface area contributed by atoms with E-state index in [-0.39, 0.29) is 0 Å². The molecule has 4 heteroatoms. The first-order chi connectivity index (χ1) is 7.29. The lowest BCUT2D eigenvalue weighted by Gasteiger charge is -2.15. The van der Waals surface area contributed by atoms with Crippen molar-refractivity contribution in [1.82, 2.24) is 4.98 Å². The molecule has 2 rings (SSSR count). The maximum atomic E-state index is 5.28. The van der Waals surface area contributed by atoms with Crippen LogP contribution in [0.1, 0.15) is 12.1 Å². The molecule has 0 amide bonds. The van der Waals surface area contributed by atoms with Crippen molar-refractivity contribution in [3.63, 3.8) is 0 Å². The number of rotatable bonds is 3.